The van der Waals surface area contributed by atoms with Crippen LogP contribution in [0.2, 0.25) is 0 Å². The molecule has 2 amide bonds. The minimum Gasteiger partial charge on any atom is -0.354 e. The molecule has 0 heterocycles. The van der Waals surface area contributed by atoms with E-state index in [-0.39, 0.29) is 11.8 Å². The van der Waals surface area contributed by atoms with Gasteiger partial charge in [-0.05, 0) is 43.4 Å². The summed E-state index contributed by atoms with van der Waals surface area (Å²) in [6.07, 6.45) is 2.85. The van der Waals surface area contributed by atoms with Crippen LogP contribution >= 0.6 is 0 Å². The third-order valence-corrected chi connectivity index (χ3v) is 5.29. The normalized spacial score (nSPS) is 11.7. The number of hydrogen-bond acceptors (Lipinski definition) is 2. The van der Waals surface area contributed by atoms with Gasteiger partial charge < -0.3 is 10.2 Å². The van der Waals surface area contributed by atoms with Gasteiger partial charge in [0.25, 0.3) is 0 Å². The maximum atomic E-state index is 13.3. The number of carbonyl (C=O) groups excluding carboxylic acids is 2. The van der Waals surface area contributed by atoms with Crippen molar-refractivity contribution in [1.29, 1.82) is 0 Å². The molecule has 0 aliphatic carbocycles. The Balaban J connectivity index is 2.25. The van der Waals surface area contributed by atoms with E-state index in [9.17, 15) is 9.59 Å². The predicted molar refractivity (Wildman–Crippen MR) is 119 cm³/mol. The lowest BCUT2D eigenvalue weighted by molar-refractivity contribution is -0.140. The summed E-state index contributed by atoms with van der Waals surface area (Å²) in [5.41, 5.74) is 4.34. The van der Waals surface area contributed by atoms with Crippen molar-refractivity contribution >= 4 is 11.8 Å². The van der Waals surface area contributed by atoms with Crippen molar-refractivity contribution < 1.29 is 9.59 Å². The van der Waals surface area contributed by atoms with E-state index in [1.807, 2.05) is 69.3 Å². The van der Waals surface area contributed by atoms with Crippen LogP contribution in [-0.2, 0) is 22.6 Å². The van der Waals surface area contributed by atoms with Crippen LogP contribution in [0, 0.1) is 13.8 Å². The van der Waals surface area contributed by atoms with Gasteiger partial charge in [0.2, 0.25) is 11.8 Å². The predicted octanol–water partition coefficient (Wildman–Crippen LogP) is 4.57. The van der Waals surface area contributed by atoms with Crippen LogP contribution in [0.5, 0.6) is 0 Å². The van der Waals surface area contributed by atoms with E-state index in [2.05, 4.69) is 12.2 Å². The van der Waals surface area contributed by atoms with Crippen LogP contribution in [0.1, 0.15) is 55.4 Å². The molecule has 2 aromatic rings. The lowest BCUT2D eigenvalue weighted by atomic mass is 10.0. The Morgan fingerprint density at radius 1 is 1.00 bits per heavy atom. The molecule has 0 radical (unpaired) electrons. The van der Waals surface area contributed by atoms with Gasteiger partial charge in [-0.1, -0.05) is 74.4 Å². The minimum absolute atomic E-state index is 0.0189. The molecule has 0 aliphatic heterocycles. The average Bonchev–Trinajstić information content (AvgIpc) is 2.71. The summed E-state index contributed by atoms with van der Waals surface area (Å²) in [5.74, 6) is -0.0820. The Kier molecular flexibility index (Phi) is 8.91. The van der Waals surface area contributed by atoms with E-state index in [0.717, 1.165) is 29.5 Å². The van der Waals surface area contributed by atoms with Gasteiger partial charge in [-0.15, -0.1) is 0 Å². The first-order valence-corrected chi connectivity index (χ1v) is 10.6. The summed E-state index contributed by atoms with van der Waals surface area (Å²) in [4.78, 5) is 27.9. The number of hydrogen-bond donors (Lipinski definition) is 1. The number of nitrogens with one attached hydrogen (secondary N) is 1. The fraction of sp³-hybridized carbons (Fsp3) is 0.440. The summed E-state index contributed by atoms with van der Waals surface area (Å²) in [6.45, 7) is 9.23. The second-order valence-corrected chi connectivity index (χ2v) is 7.68. The smallest absolute Gasteiger partial charge is 0.242 e. The van der Waals surface area contributed by atoms with Crippen LogP contribution < -0.4 is 5.32 Å². The minimum atomic E-state index is -0.468. The summed E-state index contributed by atoms with van der Waals surface area (Å²) in [6, 6.07) is 15.6. The molecule has 0 aliphatic rings. The Hall–Kier alpha value is -2.62. The van der Waals surface area contributed by atoms with Gasteiger partial charge in [-0.2, -0.15) is 0 Å². The molecule has 1 N–H and O–H groups in total. The number of aryl methyl sites for hydroxylation is 2. The van der Waals surface area contributed by atoms with Gasteiger partial charge >= 0.3 is 0 Å². The van der Waals surface area contributed by atoms with Crippen molar-refractivity contribution in [3.05, 3.63) is 70.8 Å². The third-order valence-electron chi connectivity index (χ3n) is 5.29. The van der Waals surface area contributed by atoms with Crippen molar-refractivity contribution in [3.8, 4) is 0 Å². The standard InChI is InChI=1S/C25H34N2O2/c1-5-7-16-26-25(29)23(6-2)27(18-22-11-9-8-10-20(22)4)24(28)17-21-14-12-19(3)13-15-21/h8-15,23H,5-7,16-18H2,1-4H3,(H,26,29)/t23-/m1/s1. The summed E-state index contributed by atoms with van der Waals surface area (Å²) in [7, 11) is 0. The summed E-state index contributed by atoms with van der Waals surface area (Å²) >= 11 is 0. The topological polar surface area (TPSA) is 49.4 Å². The average molecular weight is 395 g/mol. The van der Waals surface area contributed by atoms with E-state index in [4.69, 9.17) is 0 Å². The molecule has 1 atom stereocenters. The highest BCUT2D eigenvalue weighted by Gasteiger charge is 2.28. The third kappa shape index (κ3) is 6.74. The molecule has 2 aromatic carbocycles. The van der Waals surface area contributed by atoms with E-state index in [1.54, 1.807) is 4.90 Å². The fourth-order valence-corrected chi connectivity index (χ4v) is 3.38. The summed E-state index contributed by atoms with van der Waals surface area (Å²) < 4.78 is 0. The maximum absolute atomic E-state index is 13.3. The van der Waals surface area contributed by atoms with E-state index < -0.39 is 6.04 Å². The highest BCUT2D eigenvalue weighted by Crippen LogP contribution is 2.17. The van der Waals surface area contributed by atoms with Gasteiger partial charge in [-0.3, -0.25) is 9.59 Å². The second kappa shape index (κ2) is 11.4. The zero-order chi connectivity index (χ0) is 21.2. The molecule has 0 aromatic heterocycles. The number of amides is 2. The van der Waals surface area contributed by atoms with E-state index >= 15 is 0 Å². The van der Waals surface area contributed by atoms with Crippen LogP contribution in [-0.4, -0.2) is 29.3 Å². The Labute approximate surface area is 175 Å². The highest BCUT2D eigenvalue weighted by molar-refractivity contribution is 5.88. The molecule has 156 valence electrons. The van der Waals surface area contributed by atoms with E-state index in [1.165, 1.54) is 5.56 Å². The molecule has 0 unspecified atom stereocenters. The fourth-order valence-electron chi connectivity index (χ4n) is 3.38. The Morgan fingerprint density at radius 3 is 2.31 bits per heavy atom. The van der Waals surface area contributed by atoms with Crippen molar-refractivity contribution in [2.45, 2.75) is 66.0 Å². The van der Waals surface area contributed by atoms with Crippen LogP contribution in [0.15, 0.2) is 48.5 Å². The largest absolute Gasteiger partial charge is 0.354 e. The molecular weight excluding hydrogens is 360 g/mol. The van der Waals surface area contributed by atoms with Crippen molar-refractivity contribution in [1.82, 2.24) is 10.2 Å². The molecular formula is C25H34N2O2. The zero-order valence-electron chi connectivity index (χ0n) is 18.2. The van der Waals surface area contributed by atoms with Crippen LogP contribution in [0.3, 0.4) is 0 Å². The highest BCUT2D eigenvalue weighted by atomic mass is 16.2. The molecule has 29 heavy (non-hydrogen) atoms. The van der Waals surface area contributed by atoms with Gasteiger partial charge in [0.1, 0.15) is 6.04 Å². The first-order chi connectivity index (χ1) is 14.0. The molecule has 4 heteroatoms. The molecule has 0 spiro atoms. The molecule has 0 saturated carbocycles. The van der Waals surface area contributed by atoms with Crippen LogP contribution in [0.25, 0.3) is 0 Å². The lowest BCUT2D eigenvalue weighted by Crippen LogP contribution is -2.49. The quantitative estimate of drug-likeness (QED) is 0.600. The van der Waals surface area contributed by atoms with Gasteiger partial charge in [0.15, 0.2) is 0 Å². The lowest BCUT2D eigenvalue weighted by Gasteiger charge is -2.31. The maximum Gasteiger partial charge on any atom is 0.242 e. The Morgan fingerprint density at radius 2 is 1.69 bits per heavy atom. The van der Waals surface area contributed by atoms with Gasteiger partial charge in [-0.25, -0.2) is 0 Å². The SMILES string of the molecule is CCCCNC(=O)[C@@H](CC)N(Cc1ccccc1C)C(=O)Cc1ccc(C)cc1. The Bertz CT molecular complexity index is 799. The van der Waals surface area contributed by atoms with Crippen molar-refractivity contribution in [3.63, 3.8) is 0 Å². The molecule has 0 bridgehead atoms. The monoisotopic (exact) mass is 394 g/mol. The van der Waals surface area contributed by atoms with Crippen LogP contribution in [0.4, 0.5) is 0 Å². The molecule has 0 saturated heterocycles. The second-order valence-electron chi connectivity index (χ2n) is 7.68. The number of unbranched alkanes of at least 4 members (excludes halogenated alkanes) is 1. The number of rotatable bonds is 10. The first-order valence-electron chi connectivity index (χ1n) is 10.6. The summed E-state index contributed by atoms with van der Waals surface area (Å²) in [5, 5.41) is 3.01. The first kappa shape index (κ1) is 22.7. The molecule has 4 nitrogen and oxygen atoms in total. The zero-order valence-corrected chi connectivity index (χ0v) is 18.2. The number of benzene rings is 2. The van der Waals surface area contributed by atoms with Gasteiger partial charge in [0, 0.05) is 13.1 Å². The number of nitrogens with zero attached hydrogens (tertiary/aromatic N) is 1. The molecule has 2 rings (SSSR count). The number of carbonyl (C=O) groups is 2. The molecule has 0 fully saturated rings. The van der Waals surface area contributed by atoms with Gasteiger partial charge in [0.05, 0.1) is 6.42 Å². The van der Waals surface area contributed by atoms with E-state index in [0.29, 0.717) is 25.9 Å². The van der Waals surface area contributed by atoms with Crippen molar-refractivity contribution in [2.75, 3.05) is 6.54 Å². The van der Waals surface area contributed by atoms with Crippen molar-refractivity contribution in [2.24, 2.45) is 0 Å².